The number of azide groups is 2. The maximum atomic E-state index is 12.5. The van der Waals surface area contributed by atoms with Gasteiger partial charge in [-0.1, -0.05) is 0 Å². The summed E-state index contributed by atoms with van der Waals surface area (Å²) in [5, 5.41) is 32.6. The number of carbonyl (C=O) groups is 3. The number of carboxylic acid groups (broad SMARTS) is 2. The summed E-state index contributed by atoms with van der Waals surface area (Å²) in [4.78, 5) is 58.7. The highest BCUT2D eigenvalue weighted by Gasteiger charge is 2.41. The summed E-state index contributed by atoms with van der Waals surface area (Å²) >= 11 is 0. The zero-order chi connectivity index (χ0) is 27.8. The normalized spacial score (nSPS) is 14.8. The van der Waals surface area contributed by atoms with E-state index in [1.165, 1.54) is 24.3 Å². The van der Waals surface area contributed by atoms with Gasteiger partial charge in [-0.2, -0.15) is 24.8 Å². The van der Waals surface area contributed by atoms with Gasteiger partial charge in [-0.05, 0) is 41.1 Å². The lowest BCUT2D eigenvalue weighted by Gasteiger charge is -2.31. The Balaban J connectivity index is 1.74. The third kappa shape index (κ3) is 6.30. The number of hydrogen-bond donors (Lipinski definition) is 6. The van der Waals surface area contributed by atoms with Gasteiger partial charge in [0.05, 0.1) is 6.54 Å². The van der Waals surface area contributed by atoms with Gasteiger partial charge in [-0.3, -0.25) is 19.4 Å². The summed E-state index contributed by atoms with van der Waals surface area (Å²) in [6, 6.07) is 3.79. The summed E-state index contributed by atoms with van der Waals surface area (Å²) < 4.78 is 0. The number of rotatable bonds is 11. The first-order valence-electron chi connectivity index (χ1n) is 10.8. The molecule has 1 amide bonds. The van der Waals surface area contributed by atoms with Crippen molar-refractivity contribution in [1.82, 2.24) is 15.3 Å². The molecule has 1 aliphatic heterocycles. The zero-order valence-corrected chi connectivity index (χ0v) is 19.4. The summed E-state index contributed by atoms with van der Waals surface area (Å²) in [5.41, 5.74) is 23.3. The van der Waals surface area contributed by atoms with Crippen molar-refractivity contribution in [2.24, 2.45) is 10.4 Å². The van der Waals surface area contributed by atoms with Crippen LogP contribution in [0.25, 0.3) is 20.9 Å². The van der Waals surface area contributed by atoms with Crippen LogP contribution in [0.2, 0.25) is 0 Å². The van der Waals surface area contributed by atoms with E-state index in [0.29, 0.717) is 5.69 Å². The number of carboxylic acids is 2. The van der Waals surface area contributed by atoms with Gasteiger partial charge in [-0.25, -0.2) is 4.79 Å². The molecule has 7 N–H and O–H groups in total. The first-order valence-corrected chi connectivity index (χ1v) is 10.8. The molecule has 19 nitrogen and oxygen atoms in total. The van der Waals surface area contributed by atoms with Crippen molar-refractivity contribution in [2.45, 2.75) is 24.9 Å². The van der Waals surface area contributed by atoms with Gasteiger partial charge in [0.1, 0.15) is 12.6 Å². The first-order chi connectivity index (χ1) is 18.1. The Labute approximate surface area is 212 Å². The fourth-order valence-corrected chi connectivity index (χ4v) is 3.59. The van der Waals surface area contributed by atoms with E-state index >= 15 is 0 Å². The van der Waals surface area contributed by atoms with Crippen LogP contribution in [0.1, 0.15) is 23.2 Å². The monoisotopic (exact) mass is 527 g/mol. The Kier molecular flexibility index (Phi) is 8.39. The summed E-state index contributed by atoms with van der Waals surface area (Å²) in [6.07, 6.45) is -0.703. The highest BCUT2D eigenvalue weighted by Crippen LogP contribution is 2.32. The fourth-order valence-electron chi connectivity index (χ4n) is 3.59. The van der Waals surface area contributed by atoms with Crippen molar-refractivity contribution in [3.8, 4) is 0 Å². The predicted molar refractivity (Wildman–Crippen MR) is 132 cm³/mol. The molecular formula is C19H21N13O6. The van der Waals surface area contributed by atoms with Crippen molar-refractivity contribution < 1.29 is 24.6 Å². The number of nitrogens with one attached hydrogen (secondary N) is 3. The van der Waals surface area contributed by atoms with Crippen molar-refractivity contribution in [2.75, 3.05) is 34.2 Å². The fraction of sp³-hybridized carbons (Fsp3) is 0.316. The lowest BCUT2D eigenvalue weighted by atomic mass is 10.1. The molecule has 1 aliphatic rings. The van der Waals surface area contributed by atoms with E-state index in [2.05, 4.69) is 40.9 Å². The van der Waals surface area contributed by atoms with Crippen LogP contribution < -0.4 is 31.9 Å². The number of nitrogens with zero attached hydrogens (tertiary/aromatic N) is 9. The maximum Gasteiger partial charge on any atom is 0.326 e. The first kappa shape index (κ1) is 26.9. The second kappa shape index (κ2) is 11.8. The summed E-state index contributed by atoms with van der Waals surface area (Å²) in [5.74, 6) is -3.57. The molecule has 19 heteroatoms. The quantitative estimate of drug-likeness (QED) is 0.136. The Morgan fingerprint density at radius 1 is 1.21 bits per heavy atom. The molecule has 1 aromatic carbocycles. The van der Waals surface area contributed by atoms with Gasteiger partial charge in [0.2, 0.25) is 5.95 Å². The lowest BCUT2D eigenvalue weighted by Crippen LogP contribution is -2.50. The molecule has 0 saturated heterocycles. The number of hydrogen-bond acceptors (Lipinski definition) is 9. The number of nitrogens with two attached hydrogens (primary N) is 1. The zero-order valence-electron chi connectivity index (χ0n) is 19.4. The third-order valence-electron chi connectivity index (χ3n) is 5.32. The molecule has 0 spiro atoms. The van der Waals surface area contributed by atoms with Crippen LogP contribution in [0.5, 0.6) is 0 Å². The molecule has 2 aromatic rings. The second-order valence-corrected chi connectivity index (χ2v) is 7.82. The molecule has 2 atom stereocenters. The minimum atomic E-state index is -1.37. The highest BCUT2D eigenvalue weighted by molar-refractivity contribution is 5.97. The topological polar surface area (TPSA) is 292 Å². The number of aromatic nitrogens is 2. The average molecular weight is 527 g/mol. The largest absolute Gasteiger partial charge is 0.481 e. The molecule has 1 aromatic heterocycles. The molecule has 1 unspecified atom stereocenters. The van der Waals surface area contributed by atoms with Gasteiger partial charge in [-0.15, -0.1) is 11.1 Å². The van der Waals surface area contributed by atoms with Crippen molar-refractivity contribution in [3.63, 3.8) is 0 Å². The Hall–Kier alpha value is -5.67. The SMILES string of the molecule is [N-]=[N+]=NN1CC(CNc2ccc(C(=O)N[C@@H](CCC(=O)O)C(=O)O)cc2)N(N=[N+]=[N-])c2c1nc(N)[nH]c2=O. The van der Waals surface area contributed by atoms with Gasteiger partial charge in [0.15, 0.2) is 6.04 Å². The highest BCUT2D eigenvalue weighted by atomic mass is 16.4. The molecule has 0 aliphatic carbocycles. The van der Waals surface area contributed by atoms with Crippen LogP contribution in [0.3, 0.4) is 0 Å². The van der Waals surface area contributed by atoms with Gasteiger partial charge >= 0.3 is 17.5 Å². The minimum absolute atomic E-state index is 0.0353. The van der Waals surface area contributed by atoms with E-state index < -0.39 is 41.9 Å². The van der Waals surface area contributed by atoms with E-state index in [1.807, 2.05) is 0 Å². The van der Waals surface area contributed by atoms with E-state index in [9.17, 15) is 24.3 Å². The molecule has 0 bridgehead atoms. The van der Waals surface area contributed by atoms with Crippen LogP contribution in [-0.2, 0) is 9.59 Å². The number of amides is 1. The van der Waals surface area contributed by atoms with Gasteiger partial charge in [0.25, 0.3) is 17.4 Å². The molecular weight excluding hydrogens is 506 g/mol. The molecule has 0 radical (unpaired) electrons. The molecule has 38 heavy (non-hydrogen) atoms. The minimum Gasteiger partial charge on any atom is -0.481 e. The van der Waals surface area contributed by atoms with Crippen molar-refractivity contribution in [3.05, 3.63) is 61.1 Å². The number of aliphatic carboxylic acids is 2. The van der Waals surface area contributed by atoms with Gasteiger partial charge < -0.3 is 26.6 Å². The number of benzene rings is 1. The third-order valence-corrected chi connectivity index (χ3v) is 5.32. The average Bonchev–Trinajstić information content (AvgIpc) is 2.86. The lowest BCUT2D eigenvalue weighted by molar-refractivity contribution is -0.140. The van der Waals surface area contributed by atoms with Crippen molar-refractivity contribution >= 4 is 41.0 Å². The predicted octanol–water partition coefficient (Wildman–Crippen LogP) is 0.958. The second-order valence-electron chi connectivity index (χ2n) is 7.82. The molecule has 3 rings (SSSR count). The van der Waals surface area contributed by atoms with Crippen LogP contribution in [-0.4, -0.2) is 63.2 Å². The van der Waals surface area contributed by atoms with Crippen LogP contribution in [0.15, 0.2) is 39.5 Å². The molecule has 2 heterocycles. The van der Waals surface area contributed by atoms with Crippen LogP contribution in [0.4, 0.5) is 23.1 Å². The number of fused-ring (bicyclic) bond motifs is 1. The molecule has 0 fully saturated rings. The standard InChI is InChI=1S/C19H21N13O6/c20-19-25-15-14(17(36)26-19)32(30-28-22)11(8-31(15)29-27-21)7-23-10-3-1-9(2-4-10)16(35)24-12(18(37)38)5-6-13(33)34/h1-4,11-12,23H,5-8H2,(H,24,35)(H,33,34)(H,37,38)(H3,20,25,26,36)/t11?,12-/m0/s1. The molecule has 0 saturated carbocycles. The van der Waals surface area contributed by atoms with Gasteiger partial charge in [0, 0.05) is 17.7 Å². The molecule has 198 valence electrons. The number of carbonyl (C=O) groups excluding carboxylic acids is 1. The Morgan fingerprint density at radius 3 is 2.50 bits per heavy atom. The summed E-state index contributed by atoms with van der Waals surface area (Å²) in [6.45, 7) is 0.0356. The number of nitrogen functional groups attached to an aromatic ring is 1. The van der Waals surface area contributed by atoms with E-state index in [4.69, 9.17) is 21.9 Å². The van der Waals surface area contributed by atoms with Crippen molar-refractivity contribution in [1.29, 1.82) is 0 Å². The number of aromatic amines is 1. The van der Waals surface area contributed by atoms with E-state index in [1.54, 1.807) is 0 Å². The summed E-state index contributed by atoms with van der Waals surface area (Å²) in [7, 11) is 0. The van der Waals surface area contributed by atoms with E-state index in [0.717, 1.165) is 10.0 Å². The van der Waals surface area contributed by atoms with E-state index in [-0.39, 0.29) is 42.5 Å². The van der Waals surface area contributed by atoms with Crippen LogP contribution in [0, 0.1) is 0 Å². The maximum absolute atomic E-state index is 12.5. The number of anilines is 4. The Morgan fingerprint density at radius 2 is 1.89 bits per heavy atom. The van der Waals surface area contributed by atoms with Crippen LogP contribution >= 0.6 is 0 Å². The Bertz CT molecular complexity index is 1380. The smallest absolute Gasteiger partial charge is 0.326 e. The number of H-pyrrole nitrogens is 1.